The maximum atomic E-state index is 12.2. The second-order valence-corrected chi connectivity index (χ2v) is 6.58. The highest BCUT2D eigenvalue weighted by Crippen LogP contribution is 2.19. The van der Waals surface area contributed by atoms with Gasteiger partial charge in [0.05, 0.1) is 0 Å². The fourth-order valence-corrected chi connectivity index (χ4v) is 2.15. The van der Waals surface area contributed by atoms with Gasteiger partial charge in [-0.05, 0) is 31.1 Å². The number of carbonyl (C=O) groups excluding carboxylic acids is 1. The maximum Gasteiger partial charge on any atom is 0.323 e. The summed E-state index contributed by atoms with van der Waals surface area (Å²) in [6.07, 6.45) is 4.93. The van der Waals surface area contributed by atoms with E-state index in [1.54, 1.807) is 7.05 Å². The number of nitrogens with zero attached hydrogens (tertiary/aromatic N) is 1. The summed E-state index contributed by atoms with van der Waals surface area (Å²) < 4.78 is 0. The Morgan fingerprint density at radius 1 is 1.22 bits per heavy atom. The minimum Gasteiger partial charge on any atom is -0.311 e. The second-order valence-electron chi connectivity index (χ2n) is 6.58. The lowest BCUT2D eigenvalue weighted by atomic mass is 9.89. The molecule has 0 aliphatic carbocycles. The van der Waals surface area contributed by atoms with Crippen LogP contribution >= 0.6 is 0 Å². The van der Waals surface area contributed by atoms with Crippen LogP contribution in [0.5, 0.6) is 0 Å². The van der Waals surface area contributed by atoms with Gasteiger partial charge in [-0.15, -0.1) is 0 Å². The number of allylic oxidation sites excluding steroid dienone is 2. The van der Waals surface area contributed by atoms with Crippen molar-refractivity contribution in [2.75, 3.05) is 12.4 Å². The molecular formula is C19H29N3O. The molecule has 0 saturated heterocycles. The number of anilines is 1. The van der Waals surface area contributed by atoms with E-state index in [-0.39, 0.29) is 11.4 Å². The first-order valence-electron chi connectivity index (χ1n) is 8.17. The zero-order valence-corrected chi connectivity index (χ0v) is 14.9. The lowest BCUT2D eigenvalue weighted by Crippen LogP contribution is -2.29. The van der Waals surface area contributed by atoms with Crippen LogP contribution in [0, 0.1) is 5.41 Å². The molecule has 0 spiro atoms. The Labute approximate surface area is 140 Å². The molecule has 0 aliphatic rings. The van der Waals surface area contributed by atoms with E-state index < -0.39 is 0 Å². The lowest BCUT2D eigenvalue weighted by molar-refractivity contribution is 0.254. The van der Waals surface area contributed by atoms with E-state index in [1.807, 2.05) is 36.4 Å². The van der Waals surface area contributed by atoms with Gasteiger partial charge in [-0.3, -0.25) is 4.99 Å². The van der Waals surface area contributed by atoms with Crippen molar-refractivity contribution < 1.29 is 4.79 Å². The first-order chi connectivity index (χ1) is 10.9. The molecule has 126 valence electrons. The summed E-state index contributed by atoms with van der Waals surface area (Å²) in [5.74, 6) is 0. The molecule has 2 amide bonds. The van der Waals surface area contributed by atoms with Gasteiger partial charge in [0, 0.05) is 29.6 Å². The molecule has 0 radical (unpaired) electrons. The molecular weight excluding hydrogens is 286 g/mol. The number of urea groups is 1. The van der Waals surface area contributed by atoms with Crippen molar-refractivity contribution in [1.29, 1.82) is 0 Å². The van der Waals surface area contributed by atoms with Crippen molar-refractivity contribution in [2.45, 2.75) is 47.0 Å². The Bertz CT molecular complexity index is 554. The molecule has 1 aromatic carbocycles. The number of amides is 2. The van der Waals surface area contributed by atoms with Gasteiger partial charge in [-0.1, -0.05) is 52.3 Å². The van der Waals surface area contributed by atoms with E-state index in [0.717, 1.165) is 36.4 Å². The highest BCUT2D eigenvalue weighted by molar-refractivity contribution is 6.00. The summed E-state index contributed by atoms with van der Waals surface area (Å²) >= 11 is 0. The monoisotopic (exact) mass is 315 g/mol. The van der Waals surface area contributed by atoms with Crippen molar-refractivity contribution in [3.05, 3.63) is 42.1 Å². The second kappa shape index (κ2) is 9.13. The van der Waals surface area contributed by atoms with E-state index in [1.165, 1.54) is 0 Å². The average molecular weight is 315 g/mol. The van der Waals surface area contributed by atoms with Crippen LogP contribution in [0.4, 0.5) is 10.5 Å². The van der Waals surface area contributed by atoms with E-state index in [2.05, 4.69) is 43.3 Å². The molecule has 0 bridgehead atoms. The third-order valence-corrected chi connectivity index (χ3v) is 3.43. The van der Waals surface area contributed by atoms with Crippen molar-refractivity contribution in [1.82, 2.24) is 5.32 Å². The third kappa shape index (κ3) is 7.13. The molecule has 4 nitrogen and oxygen atoms in total. The third-order valence-electron chi connectivity index (χ3n) is 3.43. The lowest BCUT2D eigenvalue weighted by Gasteiger charge is -2.20. The molecule has 23 heavy (non-hydrogen) atoms. The van der Waals surface area contributed by atoms with E-state index in [0.29, 0.717) is 0 Å². The fourth-order valence-electron chi connectivity index (χ4n) is 2.15. The Kier molecular flexibility index (Phi) is 7.52. The van der Waals surface area contributed by atoms with Gasteiger partial charge in [-0.2, -0.15) is 0 Å². The van der Waals surface area contributed by atoms with Crippen molar-refractivity contribution >= 4 is 17.4 Å². The fraction of sp³-hybridized carbons (Fsp3) is 0.474. The summed E-state index contributed by atoms with van der Waals surface area (Å²) in [6, 6.07) is 9.22. The van der Waals surface area contributed by atoms with Gasteiger partial charge in [-0.25, -0.2) is 4.79 Å². The number of benzene rings is 1. The summed E-state index contributed by atoms with van der Waals surface area (Å²) in [6.45, 7) is 8.49. The summed E-state index contributed by atoms with van der Waals surface area (Å²) in [5.41, 5.74) is 2.60. The van der Waals surface area contributed by atoms with Gasteiger partial charge < -0.3 is 10.6 Å². The Morgan fingerprint density at radius 2 is 1.87 bits per heavy atom. The van der Waals surface area contributed by atoms with Gasteiger partial charge in [0.2, 0.25) is 0 Å². The van der Waals surface area contributed by atoms with Gasteiger partial charge in [0.25, 0.3) is 0 Å². The van der Waals surface area contributed by atoms with E-state index in [4.69, 9.17) is 0 Å². The molecule has 0 saturated carbocycles. The summed E-state index contributed by atoms with van der Waals surface area (Å²) in [7, 11) is 1.79. The average Bonchev–Trinajstić information content (AvgIpc) is 2.49. The highest BCUT2D eigenvalue weighted by Gasteiger charge is 2.17. The minimum absolute atomic E-state index is 0.0518. The molecule has 1 rings (SSSR count). The topological polar surface area (TPSA) is 53.5 Å². The number of unbranched alkanes of at least 4 members (excludes halogenated alkanes) is 1. The maximum absolute atomic E-state index is 12.2. The molecule has 0 fully saturated rings. The normalized spacial score (nSPS) is 12.9. The SMILES string of the molecule is CCCC/C(=C\C(=NC)C(C)(C)C)NC(=O)Nc1ccccc1. The predicted octanol–water partition coefficient (Wildman–Crippen LogP) is 5.00. The number of hydrogen-bond acceptors (Lipinski definition) is 2. The number of carbonyl (C=O) groups is 1. The van der Waals surface area contributed by atoms with Crippen molar-refractivity contribution in [2.24, 2.45) is 10.4 Å². The Balaban J connectivity index is 2.83. The summed E-state index contributed by atoms with van der Waals surface area (Å²) in [5, 5.41) is 5.82. The van der Waals surface area contributed by atoms with E-state index in [9.17, 15) is 4.79 Å². The van der Waals surface area contributed by atoms with Gasteiger partial charge in [0.15, 0.2) is 0 Å². The van der Waals surface area contributed by atoms with Crippen LogP contribution in [0.3, 0.4) is 0 Å². The van der Waals surface area contributed by atoms with Crippen LogP contribution in [0.2, 0.25) is 0 Å². The first-order valence-corrected chi connectivity index (χ1v) is 8.17. The van der Waals surface area contributed by atoms with Crippen molar-refractivity contribution in [3.63, 3.8) is 0 Å². The van der Waals surface area contributed by atoms with Crippen LogP contribution in [0.1, 0.15) is 47.0 Å². The van der Waals surface area contributed by atoms with Crippen LogP contribution in [-0.2, 0) is 0 Å². The first kappa shape index (κ1) is 18.9. The summed E-state index contributed by atoms with van der Waals surface area (Å²) in [4.78, 5) is 16.6. The number of para-hydroxylation sites is 1. The zero-order chi connectivity index (χ0) is 17.3. The molecule has 0 aromatic heterocycles. The highest BCUT2D eigenvalue weighted by atomic mass is 16.2. The molecule has 0 heterocycles. The number of nitrogens with one attached hydrogen (secondary N) is 2. The quantitative estimate of drug-likeness (QED) is 0.713. The molecule has 4 heteroatoms. The van der Waals surface area contributed by atoms with Gasteiger partial charge >= 0.3 is 6.03 Å². The smallest absolute Gasteiger partial charge is 0.311 e. The predicted molar refractivity (Wildman–Crippen MR) is 99.0 cm³/mol. The van der Waals surface area contributed by atoms with Crippen LogP contribution in [0.25, 0.3) is 0 Å². The van der Waals surface area contributed by atoms with Crippen LogP contribution in [0.15, 0.2) is 47.1 Å². The largest absolute Gasteiger partial charge is 0.323 e. The molecule has 2 N–H and O–H groups in total. The Hall–Kier alpha value is -2.10. The van der Waals surface area contributed by atoms with Crippen molar-refractivity contribution in [3.8, 4) is 0 Å². The zero-order valence-electron chi connectivity index (χ0n) is 14.9. The number of rotatable bonds is 6. The van der Waals surface area contributed by atoms with E-state index >= 15 is 0 Å². The standard InChI is InChI=1S/C19H29N3O/c1-6-7-11-16(14-17(20-5)19(2,3)4)22-18(23)21-15-12-9-8-10-13-15/h8-10,12-14H,6-7,11H2,1-5H3,(H2,21,22,23)/b16-14+,20-17?. The molecule has 0 unspecified atom stereocenters. The number of hydrogen-bond donors (Lipinski definition) is 2. The van der Waals surface area contributed by atoms with Crippen LogP contribution in [-0.4, -0.2) is 18.8 Å². The minimum atomic E-state index is -0.220. The van der Waals surface area contributed by atoms with Crippen LogP contribution < -0.4 is 10.6 Å². The molecule has 1 aromatic rings. The number of aliphatic imine (C=N–C) groups is 1. The molecule has 0 aliphatic heterocycles. The molecule has 0 atom stereocenters. The van der Waals surface area contributed by atoms with Gasteiger partial charge in [0.1, 0.15) is 0 Å². The Morgan fingerprint density at radius 3 is 2.39 bits per heavy atom.